The second-order valence-electron chi connectivity index (χ2n) is 8.47. The number of amides is 3. The predicted molar refractivity (Wildman–Crippen MR) is 114 cm³/mol. The Balaban J connectivity index is 1.51. The van der Waals surface area contributed by atoms with Gasteiger partial charge in [0.05, 0.1) is 6.54 Å². The van der Waals surface area contributed by atoms with Crippen LogP contribution in [0.15, 0.2) is 36.4 Å². The molecule has 3 heterocycles. The summed E-state index contributed by atoms with van der Waals surface area (Å²) in [5.41, 5.74) is 0.437. The quantitative estimate of drug-likeness (QED) is 0.769. The Morgan fingerprint density at radius 1 is 1.10 bits per heavy atom. The van der Waals surface area contributed by atoms with Gasteiger partial charge in [-0.15, -0.1) is 0 Å². The predicted octanol–water partition coefficient (Wildman–Crippen LogP) is 0.431. The standard InChI is InChI=1S/C22H28N6O3/c1-22(21(31)23-14-16-7-5-4-6-8-16)15-28-18(20(30)26(22)3)13-17(24-28)19(29)27-11-9-25(2)10-12-27/h4-8,13H,9-12,14-15H2,1-3H3,(H,23,31)/t22-/m0/s1. The van der Waals surface area contributed by atoms with Crippen LogP contribution in [0.1, 0.15) is 33.5 Å². The molecule has 31 heavy (non-hydrogen) atoms. The minimum Gasteiger partial charge on any atom is -0.350 e. The van der Waals surface area contributed by atoms with Gasteiger partial charge in [-0.2, -0.15) is 5.10 Å². The zero-order valence-electron chi connectivity index (χ0n) is 18.2. The molecule has 164 valence electrons. The van der Waals surface area contributed by atoms with Crippen LogP contribution in [0.2, 0.25) is 0 Å². The molecule has 3 amide bonds. The van der Waals surface area contributed by atoms with Crippen molar-refractivity contribution in [1.29, 1.82) is 0 Å². The summed E-state index contributed by atoms with van der Waals surface area (Å²) in [7, 11) is 3.64. The second kappa shape index (κ2) is 8.14. The molecule has 0 bridgehead atoms. The first kappa shape index (κ1) is 21.0. The molecule has 9 heteroatoms. The van der Waals surface area contributed by atoms with Crippen LogP contribution in [0.3, 0.4) is 0 Å². The average Bonchev–Trinajstić information content (AvgIpc) is 3.20. The monoisotopic (exact) mass is 424 g/mol. The summed E-state index contributed by atoms with van der Waals surface area (Å²) < 4.78 is 1.49. The van der Waals surface area contributed by atoms with E-state index in [1.54, 1.807) is 24.9 Å². The lowest BCUT2D eigenvalue weighted by molar-refractivity contribution is -0.132. The number of fused-ring (bicyclic) bond motifs is 1. The van der Waals surface area contributed by atoms with E-state index in [0.717, 1.165) is 18.7 Å². The van der Waals surface area contributed by atoms with Crippen LogP contribution >= 0.6 is 0 Å². The van der Waals surface area contributed by atoms with E-state index in [9.17, 15) is 14.4 Å². The number of rotatable bonds is 4. The second-order valence-corrected chi connectivity index (χ2v) is 8.47. The van der Waals surface area contributed by atoms with E-state index in [1.165, 1.54) is 9.58 Å². The van der Waals surface area contributed by atoms with Gasteiger partial charge in [0.25, 0.3) is 11.8 Å². The Hall–Kier alpha value is -3.20. The van der Waals surface area contributed by atoms with Gasteiger partial charge in [0.2, 0.25) is 5.91 Å². The van der Waals surface area contributed by atoms with E-state index < -0.39 is 5.54 Å². The van der Waals surface area contributed by atoms with Gasteiger partial charge in [-0.25, -0.2) is 0 Å². The highest BCUT2D eigenvalue weighted by molar-refractivity contribution is 6.01. The third-order valence-electron chi connectivity index (χ3n) is 6.30. The van der Waals surface area contributed by atoms with E-state index in [0.29, 0.717) is 25.3 Å². The number of aromatic nitrogens is 2. The average molecular weight is 425 g/mol. The Morgan fingerprint density at radius 2 is 1.77 bits per heavy atom. The molecule has 0 spiro atoms. The van der Waals surface area contributed by atoms with Crippen molar-refractivity contribution in [3.05, 3.63) is 53.3 Å². The van der Waals surface area contributed by atoms with Crippen LogP contribution in [-0.2, 0) is 17.9 Å². The van der Waals surface area contributed by atoms with Crippen molar-refractivity contribution in [3.63, 3.8) is 0 Å². The first-order valence-corrected chi connectivity index (χ1v) is 10.5. The molecule has 4 rings (SSSR count). The fraction of sp³-hybridized carbons (Fsp3) is 0.455. The van der Waals surface area contributed by atoms with E-state index in [1.807, 2.05) is 37.4 Å². The first-order valence-electron chi connectivity index (χ1n) is 10.5. The molecule has 1 N–H and O–H groups in total. The topological polar surface area (TPSA) is 90.8 Å². The van der Waals surface area contributed by atoms with Gasteiger partial charge in [-0.05, 0) is 19.5 Å². The Bertz CT molecular complexity index is 996. The molecule has 0 unspecified atom stereocenters. The minimum atomic E-state index is -1.11. The summed E-state index contributed by atoms with van der Waals surface area (Å²) in [5.74, 6) is -0.769. The van der Waals surface area contributed by atoms with Crippen LogP contribution in [-0.4, -0.2) is 88.0 Å². The molecule has 1 atom stereocenters. The van der Waals surface area contributed by atoms with Crippen molar-refractivity contribution in [2.24, 2.45) is 0 Å². The fourth-order valence-electron chi connectivity index (χ4n) is 3.97. The maximum absolute atomic E-state index is 13.1. The SMILES string of the molecule is CN1CCN(C(=O)c2cc3n(n2)C[C@@](C)(C(=O)NCc2ccccc2)N(C)C3=O)CC1. The van der Waals surface area contributed by atoms with Crippen molar-refractivity contribution < 1.29 is 14.4 Å². The van der Waals surface area contributed by atoms with Crippen molar-refractivity contribution in [3.8, 4) is 0 Å². The molecule has 1 aromatic heterocycles. The molecule has 2 aromatic rings. The summed E-state index contributed by atoms with van der Waals surface area (Å²) in [6.45, 7) is 5.15. The van der Waals surface area contributed by atoms with Gasteiger partial charge in [0.15, 0.2) is 5.69 Å². The van der Waals surface area contributed by atoms with E-state index in [2.05, 4.69) is 15.3 Å². The summed E-state index contributed by atoms with van der Waals surface area (Å²) in [6.07, 6.45) is 0. The van der Waals surface area contributed by atoms with Crippen LogP contribution < -0.4 is 5.32 Å². The van der Waals surface area contributed by atoms with Gasteiger partial charge in [0.1, 0.15) is 11.2 Å². The number of carbonyl (C=O) groups excluding carboxylic acids is 3. The Kier molecular flexibility index (Phi) is 5.53. The molecule has 0 radical (unpaired) electrons. The lowest BCUT2D eigenvalue weighted by atomic mass is 9.96. The van der Waals surface area contributed by atoms with Gasteiger partial charge in [-0.1, -0.05) is 30.3 Å². The maximum Gasteiger partial charge on any atom is 0.274 e. The normalized spacial score (nSPS) is 21.7. The summed E-state index contributed by atoms with van der Waals surface area (Å²) in [5, 5.41) is 7.33. The molecule has 9 nitrogen and oxygen atoms in total. The molecule has 1 saturated heterocycles. The number of benzene rings is 1. The van der Waals surface area contributed by atoms with Crippen molar-refractivity contribution in [1.82, 2.24) is 29.8 Å². The van der Waals surface area contributed by atoms with E-state index >= 15 is 0 Å². The third kappa shape index (κ3) is 3.93. The summed E-state index contributed by atoms with van der Waals surface area (Å²) in [4.78, 5) is 44.3. The highest BCUT2D eigenvalue weighted by Gasteiger charge is 2.46. The van der Waals surface area contributed by atoms with Crippen molar-refractivity contribution >= 4 is 17.7 Å². The molecule has 1 aromatic carbocycles. The number of carbonyl (C=O) groups is 3. The Labute approximate surface area is 181 Å². The minimum absolute atomic E-state index is 0.180. The lowest BCUT2D eigenvalue weighted by Gasteiger charge is -2.40. The number of hydrogen-bond donors (Lipinski definition) is 1. The number of likely N-dealkylation sites (N-methyl/N-ethyl adjacent to an activating group) is 2. The van der Waals surface area contributed by atoms with Gasteiger partial charge in [0, 0.05) is 45.8 Å². The maximum atomic E-state index is 13.1. The van der Waals surface area contributed by atoms with E-state index in [-0.39, 0.29) is 30.0 Å². The largest absolute Gasteiger partial charge is 0.350 e. The smallest absolute Gasteiger partial charge is 0.274 e. The third-order valence-corrected chi connectivity index (χ3v) is 6.30. The summed E-state index contributed by atoms with van der Waals surface area (Å²) >= 11 is 0. The first-order chi connectivity index (χ1) is 14.8. The highest BCUT2D eigenvalue weighted by Crippen LogP contribution is 2.26. The zero-order chi connectivity index (χ0) is 22.2. The van der Waals surface area contributed by atoms with Crippen LogP contribution in [0, 0.1) is 0 Å². The van der Waals surface area contributed by atoms with Crippen LogP contribution in [0.5, 0.6) is 0 Å². The van der Waals surface area contributed by atoms with Crippen LogP contribution in [0.4, 0.5) is 0 Å². The molecule has 2 aliphatic rings. The van der Waals surface area contributed by atoms with E-state index in [4.69, 9.17) is 0 Å². The van der Waals surface area contributed by atoms with Gasteiger partial charge >= 0.3 is 0 Å². The zero-order valence-corrected chi connectivity index (χ0v) is 18.2. The summed E-state index contributed by atoms with van der Waals surface area (Å²) in [6, 6.07) is 11.1. The fourth-order valence-corrected chi connectivity index (χ4v) is 3.97. The van der Waals surface area contributed by atoms with Gasteiger partial charge < -0.3 is 20.0 Å². The van der Waals surface area contributed by atoms with Gasteiger partial charge in [-0.3, -0.25) is 19.1 Å². The molecule has 0 aliphatic carbocycles. The number of hydrogen-bond acceptors (Lipinski definition) is 5. The number of nitrogens with one attached hydrogen (secondary N) is 1. The highest BCUT2D eigenvalue weighted by atomic mass is 16.2. The molecule has 2 aliphatic heterocycles. The number of piperazine rings is 1. The van der Waals surface area contributed by atoms with Crippen LogP contribution in [0.25, 0.3) is 0 Å². The van der Waals surface area contributed by atoms with Crippen molar-refractivity contribution in [2.45, 2.75) is 25.6 Å². The molecular weight excluding hydrogens is 396 g/mol. The molecule has 0 saturated carbocycles. The molecular formula is C22H28N6O3. The molecule has 1 fully saturated rings. The lowest BCUT2D eigenvalue weighted by Crippen LogP contribution is -2.62. The van der Waals surface area contributed by atoms with Crippen molar-refractivity contribution in [2.75, 3.05) is 40.3 Å². The Morgan fingerprint density at radius 3 is 2.45 bits per heavy atom. The number of nitrogens with zero attached hydrogens (tertiary/aromatic N) is 5.